The molecule has 0 spiro atoms. The maximum atomic E-state index is 13.0. The first-order valence-electron chi connectivity index (χ1n) is 12.2. The molecule has 0 aliphatic carbocycles. The number of hydrogen-bond acceptors (Lipinski definition) is 5. The van der Waals surface area contributed by atoms with E-state index in [1.165, 1.54) is 0 Å². The van der Waals surface area contributed by atoms with Gasteiger partial charge >= 0.3 is 0 Å². The number of nitrogens with zero attached hydrogens (tertiary/aromatic N) is 6. The number of rotatable bonds is 6. The number of benzene rings is 2. The molecule has 5 rings (SSSR count). The molecule has 1 unspecified atom stereocenters. The molecule has 180 valence electrons. The van der Waals surface area contributed by atoms with E-state index in [0.717, 1.165) is 41.2 Å². The van der Waals surface area contributed by atoms with Crippen LogP contribution in [0.1, 0.15) is 48.8 Å². The van der Waals surface area contributed by atoms with Gasteiger partial charge in [0, 0.05) is 42.7 Å². The van der Waals surface area contributed by atoms with E-state index in [0.29, 0.717) is 36.8 Å². The molecule has 7 nitrogen and oxygen atoms in total. The second kappa shape index (κ2) is 10.0. The lowest BCUT2D eigenvalue weighted by Gasteiger charge is -2.36. The molecule has 4 aromatic rings. The van der Waals surface area contributed by atoms with Crippen molar-refractivity contribution in [2.75, 3.05) is 31.1 Å². The predicted octanol–water partition coefficient (Wildman–Crippen LogP) is 5.33. The first-order valence-corrected chi connectivity index (χ1v) is 12.5. The van der Waals surface area contributed by atoms with E-state index in [1.54, 1.807) is 24.3 Å². The Balaban J connectivity index is 1.45. The largest absolute Gasteiger partial charge is 0.352 e. The Hall–Kier alpha value is -3.45. The number of fused-ring (bicyclic) bond motifs is 1. The third kappa shape index (κ3) is 4.73. The van der Waals surface area contributed by atoms with Gasteiger partial charge in [0.25, 0.3) is 5.91 Å². The van der Waals surface area contributed by atoms with E-state index >= 15 is 0 Å². The Morgan fingerprint density at radius 1 is 1.00 bits per heavy atom. The van der Waals surface area contributed by atoms with Gasteiger partial charge in [-0.25, -0.2) is 14.6 Å². The van der Waals surface area contributed by atoms with Gasteiger partial charge in [0.05, 0.1) is 17.3 Å². The highest BCUT2D eigenvalue weighted by Crippen LogP contribution is 2.30. The number of amides is 1. The van der Waals surface area contributed by atoms with E-state index in [9.17, 15) is 4.79 Å². The monoisotopic (exact) mass is 488 g/mol. The number of piperazine rings is 1. The van der Waals surface area contributed by atoms with Gasteiger partial charge in [0.2, 0.25) is 0 Å². The predicted molar refractivity (Wildman–Crippen MR) is 140 cm³/mol. The molecular weight excluding hydrogens is 460 g/mol. The van der Waals surface area contributed by atoms with Gasteiger partial charge in [0.1, 0.15) is 11.6 Å². The Kier molecular flexibility index (Phi) is 6.68. The normalized spacial score (nSPS) is 14.9. The quantitative estimate of drug-likeness (QED) is 0.366. The molecule has 35 heavy (non-hydrogen) atoms. The van der Waals surface area contributed by atoms with Crippen molar-refractivity contribution >= 4 is 34.4 Å². The van der Waals surface area contributed by atoms with Crippen molar-refractivity contribution in [3.05, 3.63) is 77.2 Å². The van der Waals surface area contributed by atoms with E-state index < -0.39 is 0 Å². The molecule has 2 aromatic heterocycles. The molecule has 0 bridgehead atoms. The van der Waals surface area contributed by atoms with Crippen LogP contribution in [0, 0.1) is 0 Å². The van der Waals surface area contributed by atoms with E-state index in [-0.39, 0.29) is 11.8 Å². The van der Waals surface area contributed by atoms with E-state index in [1.807, 2.05) is 46.1 Å². The third-order valence-corrected chi connectivity index (χ3v) is 6.80. The van der Waals surface area contributed by atoms with Crippen LogP contribution < -0.4 is 4.90 Å². The lowest BCUT2D eigenvalue weighted by atomic mass is 10.1. The number of halogens is 1. The van der Waals surface area contributed by atoms with Crippen LogP contribution in [0.5, 0.6) is 0 Å². The number of aromatic nitrogens is 4. The van der Waals surface area contributed by atoms with Gasteiger partial charge in [0.15, 0.2) is 5.65 Å². The van der Waals surface area contributed by atoms with Crippen molar-refractivity contribution in [3.8, 4) is 5.69 Å². The van der Waals surface area contributed by atoms with Crippen molar-refractivity contribution in [3.63, 3.8) is 0 Å². The Morgan fingerprint density at radius 2 is 1.71 bits per heavy atom. The highest BCUT2D eigenvalue weighted by Gasteiger charge is 2.26. The summed E-state index contributed by atoms with van der Waals surface area (Å²) in [5, 5.41) is 6.23. The maximum Gasteiger partial charge on any atom is 0.253 e. The molecule has 0 saturated carbocycles. The standard InChI is InChI=1S/C27H29ClN6O/c1-3-7-19(2)24-30-25(23-18-29-34(26(23)31-24)22-8-5-4-6-9-22)32-14-16-33(17-15-32)27(35)20-10-12-21(28)13-11-20/h4-6,8-13,18-19H,3,7,14-17H2,1-2H3. The molecule has 1 amide bonds. The summed E-state index contributed by atoms with van der Waals surface area (Å²) in [6.45, 7) is 7.01. The number of carbonyl (C=O) groups is 1. The van der Waals surface area contributed by atoms with Crippen molar-refractivity contribution < 1.29 is 4.79 Å². The second-order valence-corrected chi connectivity index (χ2v) is 9.45. The summed E-state index contributed by atoms with van der Waals surface area (Å²) in [5.41, 5.74) is 2.45. The molecule has 0 N–H and O–H groups in total. The van der Waals surface area contributed by atoms with Crippen LogP contribution in [-0.4, -0.2) is 56.7 Å². The fourth-order valence-corrected chi connectivity index (χ4v) is 4.71. The van der Waals surface area contributed by atoms with Gasteiger partial charge in [-0.05, 0) is 42.8 Å². The zero-order valence-electron chi connectivity index (χ0n) is 20.1. The smallest absolute Gasteiger partial charge is 0.253 e. The van der Waals surface area contributed by atoms with Crippen molar-refractivity contribution in [1.82, 2.24) is 24.6 Å². The van der Waals surface area contributed by atoms with E-state index in [4.69, 9.17) is 21.6 Å². The summed E-state index contributed by atoms with van der Waals surface area (Å²) in [6, 6.07) is 17.1. The minimum absolute atomic E-state index is 0.0308. The molecule has 8 heteroatoms. The first-order chi connectivity index (χ1) is 17.0. The zero-order valence-corrected chi connectivity index (χ0v) is 20.8. The highest BCUT2D eigenvalue weighted by molar-refractivity contribution is 6.30. The van der Waals surface area contributed by atoms with E-state index in [2.05, 4.69) is 23.8 Å². The summed E-state index contributed by atoms with van der Waals surface area (Å²) in [5.74, 6) is 2.01. The van der Waals surface area contributed by atoms with Crippen LogP contribution >= 0.6 is 11.6 Å². The summed E-state index contributed by atoms with van der Waals surface area (Å²) in [4.78, 5) is 27.1. The van der Waals surface area contributed by atoms with Crippen LogP contribution in [-0.2, 0) is 0 Å². The molecule has 2 aromatic carbocycles. The molecule has 3 heterocycles. The molecule has 0 radical (unpaired) electrons. The van der Waals surface area contributed by atoms with Crippen LogP contribution in [0.3, 0.4) is 0 Å². The molecule has 1 saturated heterocycles. The fraction of sp³-hybridized carbons (Fsp3) is 0.333. The van der Waals surface area contributed by atoms with Gasteiger partial charge < -0.3 is 9.80 Å². The summed E-state index contributed by atoms with van der Waals surface area (Å²) in [6.07, 6.45) is 3.95. The SMILES string of the molecule is CCCC(C)c1nc(N2CCN(C(=O)c3ccc(Cl)cc3)CC2)c2cnn(-c3ccccc3)c2n1. The Morgan fingerprint density at radius 3 is 2.40 bits per heavy atom. The number of hydrogen-bond donors (Lipinski definition) is 0. The average Bonchev–Trinajstić information content (AvgIpc) is 3.33. The van der Waals surface area contributed by atoms with Gasteiger partial charge in [-0.3, -0.25) is 4.79 Å². The number of carbonyl (C=O) groups excluding carboxylic acids is 1. The third-order valence-electron chi connectivity index (χ3n) is 6.55. The molecule has 1 fully saturated rings. The lowest BCUT2D eigenvalue weighted by molar-refractivity contribution is 0.0746. The summed E-state index contributed by atoms with van der Waals surface area (Å²) < 4.78 is 1.89. The zero-order chi connectivity index (χ0) is 24.4. The van der Waals surface area contributed by atoms with Crippen molar-refractivity contribution in [1.29, 1.82) is 0 Å². The van der Waals surface area contributed by atoms with Gasteiger partial charge in [-0.1, -0.05) is 50.1 Å². The summed E-state index contributed by atoms with van der Waals surface area (Å²) in [7, 11) is 0. The fourth-order valence-electron chi connectivity index (χ4n) is 4.59. The van der Waals surface area contributed by atoms with Crippen LogP contribution in [0.2, 0.25) is 5.02 Å². The lowest BCUT2D eigenvalue weighted by Crippen LogP contribution is -2.49. The van der Waals surface area contributed by atoms with Crippen LogP contribution in [0.15, 0.2) is 60.8 Å². The Bertz CT molecular complexity index is 1310. The van der Waals surface area contributed by atoms with Gasteiger partial charge in [-0.2, -0.15) is 5.10 Å². The topological polar surface area (TPSA) is 67.2 Å². The second-order valence-electron chi connectivity index (χ2n) is 9.01. The van der Waals surface area contributed by atoms with Crippen molar-refractivity contribution in [2.24, 2.45) is 0 Å². The maximum absolute atomic E-state index is 13.0. The number of para-hydroxylation sites is 1. The highest BCUT2D eigenvalue weighted by atomic mass is 35.5. The first kappa shape index (κ1) is 23.3. The average molecular weight is 489 g/mol. The molecule has 1 aliphatic heterocycles. The molecular formula is C27H29ClN6O. The molecule has 1 atom stereocenters. The van der Waals surface area contributed by atoms with Gasteiger partial charge in [-0.15, -0.1) is 0 Å². The Labute approximate surface area is 210 Å². The minimum Gasteiger partial charge on any atom is -0.352 e. The number of anilines is 1. The summed E-state index contributed by atoms with van der Waals surface area (Å²) >= 11 is 5.98. The van der Waals surface area contributed by atoms with Crippen LogP contribution in [0.4, 0.5) is 5.82 Å². The molecule has 1 aliphatic rings. The van der Waals surface area contributed by atoms with Crippen molar-refractivity contribution in [2.45, 2.75) is 32.6 Å². The van der Waals surface area contributed by atoms with Crippen LogP contribution in [0.25, 0.3) is 16.7 Å². The minimum atomic E-state index is 0.0308.